The van der Waals surface area contributed by atoms with Crippen LogP contribution in [0, 0.1) is 5.92 Å². The highest BCUT2D eigenvalue weighted by Crippen LogP contribution is 2.22. The van der Waals surface area contributed by atoms with E-state index in [0.29, 0.717) is 12.0 Å². The molecule has 106 valence electrons. The highest BCUT2D eigenvalue weighted by atomic mass is 15.1. The third kappa shape index (κ3) is 4.92. The van der Waals surface area contributed by atoms with Crippen LogP contribution < -0.4 is 5.73 Å². The molecule has 3 heteroatoms. The minimum absolute atomic E-state index is 0.408. The Morgan fingerprint density at radius 3 is 2.74 bits per heavy atom. The molecule has 2 rings (SSSR count). The minimum atomic E-state index is 0.408. The number of nitrogens with two attached hydrogens (primary N) is 1. The van der Waals surface area contributed by atoms with Crippen LogP contribution in [-0.4, -0.2) is 36.1 Å². The van der Waals surface area contributed by atoms with E-state index in [1.54, 1.807) is 0 Å². The number of hydrogen-bond acceptors (Lipinski definition) is 3. The lowest BCUT2D eigenvalue weighted by atomic mass is 9.95. The van der Waals surface area contributed by atoms with Crippen molar-refractivity contribution in [1.29, 1.82) is 0 Å². The van der Waals surface area contributed by atoms with E-state index < -0.39 is 0 Å². The number of rotatable bonds is 5. The summed E-state index contributed by atoms with van der Waals surface area (Å²) >= 11 is 0. The van der Waals surface area contributed by atoms with Gasteiger partial charge in [-0.2, -0.15) is 0 Å². The Morgan fingerprint density at radius 2 is 1.95 bits per heavy atom. The molecule has 3 nitrogen and oxygen atoms in total. The number of nitrogens with zero attached hydrogens (tertiary/aromatic N) is 2. The summed E-state index contributed by atoms with van der Waals surface area (Å²) in [6.45, 7) is 2.25. The van der Waals surface area contributed by atoms with Gasteiger partial charge in [0, 0.05) is 31.5 Å². The van der Waals surface area contributed by atoms with Crippen LogP contribution in [0.15, 0.2) is 24.5 Å². The average molecular weight is 261 g/mol. The highest BCUT2D eigenvalue weighted by molar-refractivity contribution is 5.09. The highest BCUT2D eigenvalue weighted by Gasteiger charge is 2.21. The fourth-order valence-corrected chi connectivity index (χ4v) is 3.00. The predicted molar refractivity (Wildman–Crippen MR) is 80.0 cm³/mol. The molecule has 0 aliphatic heterocycles. The van der Waals surface area contributed by atoms with Gasteiger partial charge >= 0.3 is 0 Å². The summed E-state index contributed by atoms with van der Waals surface area (Å²) in [4.78, 5) is 6.50. The molecule has 1 aliphatic carbocycles. The lowest BCUT2D eigenvalue weighted by Gasteiger charge is -2.27. The zero-order valence-corrected chi connectivity index (χ0v) is 12.1. The molecular formula is C16H27N3. The first-order valence-corrected chi connectivity index (χ1v) is 7.59. The van der Waals surface area contributed by atoms with Gasteiger partial charge in [-0.25, -0.2) is 0 Å². The van der Waals surface area contributed by atoms with E-state index in [1.807, 2.05) is 12.4 Å². The molecule has 0 aromatic carbocycles. The van der Waals surface area contributed by atoms with Gasteiger partial charge in [0.1, 0.15) is 0 Å². The van der Waals surface area contributed by atoms with Crippen molar-refractivity contribution in [2.45, 2.75) is 44.6 Å². The molecule has 0 bridgehead atoms. The van der Waals surface area contributed by atoms with E-state index in [2.05, 4.69) is 29.1 Å². The Balaban J connectivity index is 1.75. The molecule has 0 amide bonds. The summed E-state index contributed by atoms with van der Waals surface area (Å²) in [6, 6.07) is 4.61. The first-order valence-electron chi connectivity index (χ1n) is 7.59. The first-order chi connectivity index (χ1) is 9.25. The third-order valence-corrected chi connectivity index (χ3v) is 4.30. The van der Waals surface area contributed by atoms with Crippen LogP contribution in [0.3, 0.4) is 0 Å². The largest absolute Gasteiger partial charge is 0.327 e. The lowest BCUT2D eigenvalue weighted by molar-refractivity contribution is 0.245. The zero-order valence-electron chi connectivity index (χ0n) is 12.1. The van der Waals surface area contributed by atoms with Crippen molar-refractivity contribution in [2.75, 3.05) is 20.1 Å². The Kier molecular flexibility index (Phi) is 5.80. The maximum Gasteiger partial charge on any atom is 0.0270 e. The molecule has 0 spiro atoms. The molecule has 1 aliphatic rings. The minimum Gasteiger partial charge on any atom is -0.327 e. The van der Waals surface area contributed by atoms with Gasteiger partial charge in [-0.3, -0.25) is 4.98 Å². The van der Waals surface area contributed by atoms with Crippen LogP contribution in [0.25, 0.3) is 0 Å². The third-order valence-electron chi connectivity index (χ3n) is 4.30. The quantitative estimate of drug-likeness (QED) is 0.828. The van der Waals surface area contributed by atoms with E-state index >= 15 is 0 Å². The molecule has 1 saturated carbocycles. The summed E-state index contributed by atoms with van der Waals surface area (Å²) in [7, 11) is 2.22. The van der Waals surface area contributed by atoms with Crippen molar-refractivity contribution in [3.05, 3.63) is 30.1 Å². The van der Waals surface area contributed by atoms with Crippen LogP contribution in [0.5, 0.6) is 0 Å². The molecule has 19 heavy (non-hydrogen) atoms. The van der Waals surface area contributed by atoms with Gasteiger partial charge in [0.25, 0.3) is 0 Å². The van der Waals surface area contributed by atoms with Gasteiger partial charge < -0.3 is 10.6 Å². The van der Waals surface area contributed by atoms with Gasteiger partial charge in [-0.05, 0) is 49.9 Å². The van der Waals surface area contributed by atoms with Gasteiger partial charge in [-0.1, -0.05) is 19.3 Å². The Labute approximate surface area is 117 Å². The summed E-state index contributed by atoms with van der Waals surface area (Å²) in [6.07, 6.45) is 11.4. The fraction of sp³-hybridized carbons (Fsp3) is 0.688. The van der Waals surface area contributed by atoms with Gasteiger partial charge in [0.15, 0.2) is 0 Å². The second kappa shape index (κ2) is 7.61. The second-order valence-electron chi connectivity index (χ2n) is 5.93. The average Bonchev–Trinajstić information content (AvgIpc) is 2.63. The van der Waals surface area contributed by atoms with E-state index in [1.165, 1.54) is 37.7 Å². The fourth-order valence-electron chi connectivity index (χ4n) is 3.00. The standard InChI is InChI=1S/C16H27N3/c1-19(12-9-14-7-10-18-11-8-14)13-15-5-3-2-4-6-16(15)17/h7-8,10-11,15-16H,2-6,9,12-13,17H2,1H3. The summed E-state index contributed by atoms with van der Waals surface area (Å²) in [5.41, 5.74) is 7.67. The number of aromatic nitrogens is 1. The first kappa shape index (κ1) is 14.5. The van der Waals surface area contributed by atoms with Crippen LogP contribution in [0.1, 0.15) is 37.7 Å². The van der Waals surface area contributed by atoms with Crippen molar-refractivity contribution in [1.82, 2.24) is 9.88 Å². The number of hydrogen-bond donors (Lipinski definition) is 1. The zero-order chi connectivity index (χ0) is 13.5. The maximum absolute atomic E-state index is 6.30. The summed E-state index contributed by atoms with van der Waals surface area (Å²) in [5, 5.41) is 0. The van der Waals surface area contributed by atoms with Crippen molar-refractivity contribution in [3.8, 4) is 0 Å². The molecular weight excluding hydrogens is 234 g/mol. The van der Waals surface area contributed by atoms with Crippen molar-refractivity contribution in [3.63, 3.8) is 0 Å². The smallest absolute Gasteiger partial charge is 0.0270 e. The molecule has 2 atom stereocenters. The van der Waals surface area contributed by atoms with Crippen LogP contribution >= 0.6 is 0 Å². The number of pyridine rings is 1. The van der Waals surface area contributed by atoms with Crippen LogP contribution in [0.2, 0.25) is 0 Å². The van der Waals surface area contributed by atoms with Crippen LogP contribution in [0.4, 0.5) is 0 Å². The second-order valence-corrected chi connectivity index (χ2v) is 5.93. The van der Waals surface area contributed by atoms with Gasteiger partial charge in [0.2, 0.25) is 0 Å². The Bertz CT molecular complexity index is 352. The number of likely N-dealkylation sites (N-methyl/N-ethyl adjacent to an activating group) is 1. The molecule has 2 N–H and O–H groups in total. The van der Waals surface area contributed by atoms with E-state index in [-0.39, 0.29) is 0 Å². The predicted octanol–water partition coefficient (Wildman–Crippen LogP) is 2.46. The molecule has 1 aromatic heterocycles. The van der Waals surface area contributed by atoms with Crippen molar-refractivity contribution in [2.24, 2.45) is 11.7 Å². The van der Waals surface area contributed by atoms with E-state index in [0.717, 1.165) is 19.5 Å². The molecule has 0 radical (unpaired) electrons. The summed E-state index contributed by atoms with van der Waals surface area (Å²) in [5.74, 6) is 0.685. The van der Waals surface area contributed by atoms with Gasteiger partial charge in [0.05, 0.1) is 0 Å². The summed E-state index contributed by atoms with van der Waals surface area (Å²) < 4.78 is 0. The van der Waals surface area contributed by atoms with Crippen molar-refractivity contribution < 1.29 is 0 Å². The normalized spacial score (nSPS) is 24.4. The Morgan fingerprint density at radius 1 is 1.21 bits per heavy atom. The topological polar surface area (TPSA) is 42.2 Å². The molecule has 0 saturated heterocycles. The van der Waals surface area contributed by atoms with E-state index in [4.69, 9.17) is 5.73 Å². The monoisotopic (exact) mass is 261 g/mol. The molecule has 1 aromatic rings. The van der Waals surface area contributed by atoms with Gasteiger partial charge in [-0.15, -0.1) is 0 Å². The Hall–Kier alpha value is -0.930. The molecule has 1 fully saturated rings. The SMILES string of the molecule is CN(CCc1ccncc1)CC1CCCCCC1N. The van der Waals surface area contributed by atoms with E-state index in [9.17, 15) is 0 Å². The van der Waals surface area contributed by atoms with Crippen molar-refractivity contribution >= 4 is 0 Å². The maximum atomic E-state index is 6.30. The molecule has 2 unspecified atom stereocenters. The molecule has 1 heterocycles. The van der Waals surface area contributed by atoms with Crippen LogP contribution in [-0.2, 0) is 6.42 Å². The lowest BCUT2D eigenvalue weighted by Crippen LogP contribution is -2.38.